The van der Waals surface area contributed by atoms with Gasteiger partial charge >= 0.3 is 0 Å². The van der Waals surface area contributed by atoms with Crippen LogP contribution in [0.5, 0.6) is 5.75 Å². The molecule has 0 saturated carbocycles. The molecule has 2 aromatic heterocycles. The van der Waals surface area contributed by atoms with E-state index >= 15 is 0 Å². The Bertz CT molecular complexity index is 1180. The number of aromatic nitrogens is 4. The highest BCUT2D eigenvalue weighted by atomic mass is 32.2. The van der Waals surface area contributed by atoms with Crippen LogP contribution in [-0.2, 0) is 11.3 Å². The minimum absolute atomic E-state index is 0.0361. The summed E-state index contributed by atoms with van der Waals surface area (Å²) >= 11 is 1.59. The van der Waals surface area contributed by atoms with Gasteiger partial charge in [-0.1, -0.05) is 42.1 Å². The molecule has 2 aromatic carbocycles. The normalized spacial score (nSPS) is 10.7. The van der Waals surface area contributed by atoms with E-state index in [-0.39, 0.29) is 5.91 Å². The van der Waals surface area contributed by atoms with E-state index in [0.29, 0.717) is 13.0 Å². The summed E-state index contributed by atoms with van der Waals surface area (Å²) in [7, 11) is 1.65. The number of carbonyl (C=O) groups excluding carboxylic acids is 1. The smallest absolute Gasteiger partial charge is 0.220 e. The number of hydrogen-bond acceptors (Lipinski definition) is 6. The fourth-order valence-electron chi connectivity index (χ4n) is 3.31. The van der Waals surface area contributed by atoms with Crippen molar-refractivity contribution in [3.8, 4) is 22.8 Å². The highest BCUT2D eigenvalue weighted by Gasteiger charge is 2.16. The van der Waals surface area contributed by atoms with Gasteiger partial charge in [-0.3, -0.25) is 14.3 Å². The van der Waals surface area contributed by atoms with Crippen LogP contribution in [0.1, 0.15) is 18.4 Å². The van der Waals surface area contributed by atoms with Crippen molar-refractivity contribution in [2.75, 3.05) is 12.9 Å². The Kier molecular flexibility index (Phi) is 7.71. The van der Waals surface area contributed by atoms with Crippen molar-refractivity contribution in [2.24, 2.45) is 0 Å². The summed E-state index contributed by atoms with van der Waals surface area (Å²) in [4.78, 5) is 16.2. The number of nitrogens with one attached hydrogen (secondary N) is 1. The van der Waals surface area contributed by atoms with Crippen LogP contribution in [0, 0.1) is 0 Å². The summed E-state index contributed by atoms with van der Waals surface area (Å²) in [6, 6.07) is 21.6. The maximum absolute atomic E-state index is 12.2. The first-order chi connectivity index (χ1) is 16.2. The molecular formula is C25H25N5O2S. The molecule has 0 spiro atoms. The number of rotatable bonds is 10. The Morgan fingerprint density at radius 2 is 1.85 bits per heavy atom. The second-order valence-electron chi connectivity index (χ2n) is 7.29. The van der Waals surface area contributed by atoms with Gasteiger partial charge in [0, 0.05) is 42.4 Å². The SMILES string of the molecule is COc1cccc(-c2nnc(SCCCC(=O)NCc3ccncc3)n2-c2ccccc2)c1. The van der Waals surface area contributed by atoms with E-state index in [1.807, 2.05) is 71.3 Å². The highest BCUT2D eigenvalue weighted by molar-refractivity contribution is 7.99. The van der Waals surface area contributed by atoms with Crippen molar-refractivity contribution in [1.29, 1.82) is 0 Å². The van der Waals surface area contributed by atoms with Crippen LogP contribution < -0.4 is 10.1 Å². The van der Waals surface area contributed by atoms with E-state index in [0.717, 1.165) is 45.7 Å². The Hall–Kier alpha value is -3.65. The molecule has 0 saturated heterocycles. The number of pyridine rings is 1. The molecular weight excluding hydrogens is 434 g/mol. The van der Waals surface area contributed by atoms with Crippen molar-refractivity contribution >= 4 is 17.7 Å². The minimum atomic E-state index is 0.0361. The molecule has 0 unspecified atom stereocenters. The van der Waals surface area contributed by atoms with Gasteiger partial charge in [0.25, 0.3) is 0 Å². The molecule has 8 heteroatoms. The van der Waals surface area contributed by atoms with E-state index < -0.39 is 0 Å². The van der Waals surface area contributed by atoms with Crippen LogP contribution >= 0.6 is 11.8 Å². The molecule has 4 rings (SSSR count). The van der Waals surface area contributed by atoms with Crippen LogP contribution in [0.4, 0.5) is 0 Å². The molecule has 168 valence electrons. The molecule has 0 aliphatic rings. The van der Waals surface area contributed by atoms with Gasteiger partial charge < -0.3 is 10.1 Å². The molecule has 4 aromatic rings. The van der Waals surface area contributed by atoms with Crippen LogP contribution in [0.2, 0.25) is 0 Å². The fourth-order valence-corrected chi connectivity index (χ4v) is 4.20. The second-order valence-corrected chi connectivity index (χ2v) is 8.36. The van der Waals surface area contributed by atoms with Crippen LogP contribution in [-0.4, -0.2) is 38.5 Å². The maximum atomic E-state index is 12.2. The van der Waals surface area contributed by atoms with Gasteiger partial charge in [-0.25, -0.2) is 0 Å². The maximum Gasteiger partial charge on any atom is 0.220 e. The molecule has 0 fully saturated rings. The quantitative estimate of drug-likeness (QED) is 0.277. The third-order valence-corrected chi connectivity index (χ3v) is 6.01. The molecule has 0 aliphatic heterocycles. The molecule has 33 heavy (non-hydrogen) atoms. The number of para-hydroxylation sites is 1. The summed E-state index contributed by atoms with van der Waals surface area (Å²) in [5.74, 6) is 2.31. The zero-order valence-electron chi connectivity index (χ0n) is 18.3. The number of methoxy groups -OCH3 is 1. The number of ether oxygens (including phenoxy) is 1. The van der Waals surface area contributed by atoms with Gasteiger partial charge in [-0.2, -0.15) is 0 Å². The molecule has 0 bridgehead atoms. The van der Waals surface area contributed by atoms with Gasteiger partial charge in [0.15, 0.2) is 11.0 Å². The lowest BCUT2D eigenvalue weighted by Crippen LogP contribution is -2.22. The molecule has 1 amide bonds. The lowest BCUT2D eigenvalue weighted by Gasteiger charge is -2.11. The average molecular weight is 460 g/mol. The largest absolute Gasteiger partial charge is 0.497 e. The summed E-state index contributed by atoms with van der Waals surface area (Å²) in [5, 5.41) is 12.7. The van der Waals surface area contributed by atoms with Crippen LogP contribution in [0.25, 0.3) is 17.1 Å². The minimum Gasteiger partial charge on any atom is -0.497 e. The summed E-state index contributed by atoms with van der Waals surface area (Å²) in [5.41, 5.74) is 2.94. The van der Waals surface area contributed by atoms with E-state index in [2.05, 4.69) is 20.5 Å². The molecule has 7 nitrogen and oxygen atoms in total. The van der Waals surface area contributed by atoms with Crippen molar-refractivity contribution in [1.82, 2.24) is 25.1 Å². The number of amides is 1. The first-order valence-corrected chi connectivity index (χ1v) is 11.7. The third-order valence-electron chi connectivity index (χ3n) is 4.99. The van der Waals surface area contributed by atoms with Crippen LogP contribution in [0.15, 0.2) is 84.3 Å². The van der Waals surface area contributed by atoms with Crippen molar-refractivity contribution in [3.05, 3.63) is 84.7 Å². The summed E-state index contributed by atoms with van der Waals surface area (Å²) < 4.78 is 7.42. The first-order valence-electron chi connectivity index (χ1n) is 10.7. The molecule has 0 atom stereocenters. The monoisotopic (exact) mass is 459 g/mol. The van der Waals surface area contributed by atoms with Gasteiger partial charge in [0.05, 0.1) is 7.11 Å². The predicted molar refractivity (Wildman–Crippen MR) is 129 cm³/mol. The summed E-state index contributed by atoms with van der Waals surface area (Å²) in [6.45, 7) is 0.515. The zero-order chi connectivity index (χ0) is 22.9. The van der Waals surface area contributed by atoms with Gasteiger partial charge in [0.2, 0.25) is 5.91 Å². The van der Waals surface area contributed by atoms with Crippen LogP contribution in [0.3, 0.4) is 0 Å². The molecule has 2 heterocycles. The standard InChI is InChI=1S/C25H25N5O2S/c1-32-22-10-5-7-20(17-22)24-28-29-25(30(24)21-8-3-2-4-9-21)33-16-6-11-23(31)27-18-19-12-14-26-15-13-19/h2-5,7-10,12-15,17H,6,11,16,18H2,1H3,(H,27,31). The van der Waals surface area contributed by atoms with Crippen molar-refractivity contribution < 1.29 is 9.53 Å². The zero-order valence-corrected chi connectivity index (χ0v) is 19.2. The number of thioether (sulfide) groups is 1. The van der Waals surface area contributed by atoms with Gasteiger partial charge in [0.1, 0.15) is 5.75 Å². The topological polar surface area (TPSA) is 81.9 Å². The van der Waals surface area contributed by atoms with Gasteiger partial charge in [-0.05, 0) is 48.4 Å². The Morgan fingerprint density at radius 1 is 1.03 bits per heavy atom. The lowest BCUT2D eigenvalue weighted by molar-refractivity contribution is -0.121. The number of carbonyl (C=O) groups is 1. The number of benzene rings is 2. The van der Waals surface area contributed by atoms with E-state index in [1.54, 1.807) is 31.3 Å². The number of hydrogen-bond donors (Lipinski definition) is 1. The fraction of sp³-hybridized carbons (Fsp3) is 0.200. The van der Waals surface area contributed by atoms with Crippen molar-refractivity contribution in [3.63, 3.8) is 0 Å². The molecule has 1 N–H and O–H groups in total. The lowest BCUT2D eigenvalue weighted by atomic mass is 10.2. The average Bonchev–Trinajstić information content (AvgIpc) is 3.30. The summed E-state index contributed by atoms with van der Waals surface area (Å²) in [6.07, 6.45) is 4.64. The first kappa shape index (κ1) is 22.5. The Balaban J connectivity index is 1.41. The predicted octanol–water partition coefficient (Wildman–Crippen LogP) is 4.53. The van der Waals surface area contributed by atoms with E-state index in [9.17, 15) is 4.79 Å². The van der Waals surface area contributed by atoms with Crippen molar-refractivity contribution in [2.45, 2.75) is 24.5 Å². The second kappa shape index (κ2) is 11.3. The van der Waals surface area contributed by atoms with Gasteiger partial charge in [-0.15, -0.1) is 10.2 Å². The molecule has 0 radical (unpaired) electrons. The highest BCUT2D eigenvalue weighted by Crippen LogP contribution is 2.30. The molecule has 0 aliphatic carbocycles. The Labute approximate surface area is 197 Å². The number of nitrogens with zero attached hydrogens (tertiary/aromatic N) is 4. The van der Waals surface area contributed by atoms with E-state index in [4.69, 9.17) is 4.74 Å². The third kappa shape index (κ3) is 5.98. The van der Waals surface area contributed by atoms with E-state index in [1.165, 1.54) is 0 Å². The Morgan fingerprint density at radius 3 is 2.64 bits per heavy atom.